The van der Waals surface area contributed by atoms with Crippen LogP contribution in [0, 0.1) is 5.92 Å². The van der Waals surface area contributed by atoms with Gasteiger partial charge in [-0.15, -0.1) is 13.2 Å². The molecule has 4 nitrogen and oxygen atoms in total. The van der Waals surface area contributed by atoms with E-state index in [1.54, 1.807) is 12.1 Å². The molecule has 1 fully saturated rings. The van der Waals surface area contributed by atoms with Crippen LogP contribution in [0.5, 0.6) is 5.75 Å². The molecule has 0 aromatic heterocycles. The van der Waals surface area contributed by atoms with Gasteiger partial charge in [-0.3, -0.25) is 9.69 Å². The van der Waals surface area contributed by atoms with E-state index in [4.69, 9.17) is 0 Å². The summed E-state index contributed by atoms with van der Waals surface area (Å²) in [6.07, 6.45) is -1.24. The maximum atomic E-state index is 12.5. The van der Waals surface area contributed by atoms with Crippen LogP contribution >= 0.6 is 0 Å². The van der Waals surface area contributed by atoms with Gasteiger partial charge in [-0.05, 0) is 85.8 Å². The number of nitrogens with zero attached hydrogens (tertiary/aromatic N) is 1. The van der Waals surface area contributed by atoms with Crippen LogP contribution in [0.4, 0.5) is 18.9 Å². The summed E-state index contributed by atoms with van der Waals surface area (Å²) < 4.78 is 40.6. The lowest BCUT2D eigenvalue weighted by Gasteiger charge is -2.32. The number of carbonyl (C=O) groups excluding carboxylic acids is 1. The molecule has 1 amide bonds. The first-order valence-corrected chi connectivity index (χ1v) is 11.4. The van der Waals surface area contributed by atoms with Gasteiger partial charge < -0.3 is 10.1 Å². The number of piperidine rings is 1. The van der Waals surface area contributed by atoms with Crippen LogP contribution in [-0.4, -0.2) is 30.3 Å². The van der Waals surface area contributed by atoms with Crippen molar-refractivity contribution in [2.75, 3.05) is 18.4 Å². The van der Waals surface area contributed by atoms with E-state index in [9.17, 15) is 18.0 Å². The Morgan fingerprint density at radius 2 is 1.53 bits per heavy atom. The predicted octanol–water partition coefficient (Wildman–Crippen LogP) is 6.29. The fourth-order valence-electron chi connectivity index (χ4n) is 4.26. The van der Waals surface area contributed by atoms with E-state index in [0.29, 0.717) is 11.3 Å². The third-order valence-electron chi connectivity index (χ3n) is 6.04. The molecule has 3 aromatic carbocycles. The summed E-state index contributed by atoms with van der Waals surface area (Å²) in [5.74, 6) is 0.0653. The van der Waals surface area contributed by atoms with Gasteiger partial charge in [0.2, 0.25) is 0 Å². The summed E-state index contributed by atoms with van der Waals surface area (Å²) in [7, 11) is 0. The first kappa shape index (κ1) is 23.8. The molecule has 0 unspecified atom stereocenters. The number of amides is 1. The van der Waals surface area contributed by atoms with Crippen molar-refractivity contribution in [2.24, 2.45) is 5.92 Å². The molecule has 1 aliphatic heterocycles. The van der Waals surface area contributed by atoms with Crippen LogP contribution in [0.2, 0.25) is 0 Å². The maximum Gasteiger partial charge on any atom is 0.573 e. The maximum absolute atomic E-state index is 12.5. The zero-order valence-electron chi connectivity index (χ0n) is 18.7. The zero-order valence-corrected chi connectivity index (χ0v) is 18.7. The quantitative estimate of drug-likeness (QED) is 0.443. The lowest BCUT2D eigenvalue weighted by molar-refractivity contribution is -0.274. The van der Waals surface area contributed by atoms with E-state index in [0.717, 1.165) is 49.7 Å². The summed E-state index contributed by atoms with van der Waals surface area (Å²) in [4.78, 5) is 14.9. The average molecular weight is 469 g/mol. The Bertz CT molecular complexity index is 1060. The Hall–Kier alpha value is -3.32. The van der Waals surface area contributed by atoms with Crippen molar-refractivity contribution in [3.8, 4) is 5.75 Å². The van der Waals surface area contributed by atoms with Crippen molar-refractivity contribution in [3.63, 3.8) is 0 Å². The largest absolute Gasteiger partial charge is 0.573 e. The van der Waals surface area contributed by atoms with Gasteiger partial charge in [-0.2, -0.15) is 0 Å². The second-order valence-corrected chi connectivity index (χ2v) is 8.63. The van der Waals surface area contributed by atoms with Crippen molar-refractivity contribution < 1.29 is 22.7 Å². The van der Waals surface area contributed by atoms with Gasteiger partial charge in [0.15, 0.2) is 0 Å². The van der Waals surface area contributed by atoms with Gasteiger partial charge in [0.25, 0.3) is 5.91 Å². The highest BCUT2D eigenvalue weighted by molar-refractivity contribution is 6.04. The lowest BCUT2D eigenvalue weighted by atomic mass is 9.90. The molecule has 0 saturated carbocycles. The minimum atomic E-state index is -4.75. The monoisotopic (exact) mass is 468 g/mol. The number of likely N-dealkylation sites (tertiary alicyclic amines) is 1. The van der Waals surface area contributed by atoms with Gasteiger partial charge in [0.1, 0.15) is 5.75 Å². The molecule has 0 bridgehead atoms. The Morgan fingerprint density at radius 1 is 0.882 bits per heavy atom. The Balaban J connectivity index is 1.24. The van der Waals surface area contributed by atoms with Crippen molar-refractivity contribution in [2.45, 2.75) is 32.2 Å². The van der Waals surface area contributed by atoms with Gasteiger partial charge in [-0.1, -0.05) is 42.5 Å². The van der Waals surface area contributed by atoms with Gasteiger partial charge in [0.05, 0.1) is 0 Å². The van der Waals surface area contributed by atoms with E-state index in [2.05, 4.69) is 45.3 Å². The summed E-state index contributed by atoms with van der Waals surface area (Å²) >= 11 is 0. The highest BCUT2D eigenvalue weighted by atomic mass is 19.4. The minimum absolute atomic E-state index is 0.322. The predicted molar refractivity (Wildman–Crippen MR) is 126 cm³/mol. The first-order valence-electron chi connectivity index (χ1n) is 11.4. The van der Waals surface area contributed by atoms with Gasteiger partial charge >= 0.3 is 6.36 Å². The third-order valence-corrected chi connectivity index (χ3v) is 6.04. The van der Waals surface area contributed by atoms with Crippen molar-refractivity contribution in [1.82, 2.24) is 4.90 Å². The summed E-state index contributed by atoms with van der Waals surface area (Å²) in [5.41, 5.74) is 3.43. The average Bonchev–Trinajstić information content (AvgIpc) is 2.82. The fourth-order valence-corrected chi connectivity index (χ4v) is 4.26. The van der Waals surface area contributed by atoms with Crippen LogP contribution < -0.4 is 10.1 Å². The second kappa shape index (κ2) is 10.7. The molecule has 178 valence electrons. The number of alkyl halides is 3. The topological polar surface area (TPSA) is 41.6 Å². The molecule has 1 N–H and O–H groups in total. The zero-order chi connectivity index (χ0) is 24.0. The minimum Gasteiger partial charge on any atom is -0.406 e. The number of anilines is 1. The van der Waals surface area contributed by atoms with Crippen LogP contribution in [0.1, 0.15) is 34.3 Å². The highest BCUT2D eigenvalue weighted by Gasteiger charge is 2.31. The van der Waals surface area contributed by atoms with Gasteiger partial charge in [-0.25, -0.2) is 0 Å². The van der Waals surface area contributed by atoms with E-state index in [1.165, 1.54) is 30.5 Å². The van der Waals surface area contributed by atoms with Crippen molar-refractivity contribution >= 4 is 11.6 Å². The molecule has 34 heavy (non-hydrogen) atoms. The third kappa shape index (κ3) is 7.09. The number of carbonyl (C=O) groups is 1. The van der Waals surface area contributed by atoms with Crippen molar-refractivity contribution in [3.05, 3.63) is 95.6 Å². The summed E-state index contributed by atoms with van der Waals surface area (Å²) in [5, 5.41) is 2.69. The van der Waals surface area contributed by atoms with E-state index in [1.807, 2.05) is 12.1 Å². The molecule has 1 heterocycles. The molecule has 0 spiro atoms. The van der Waals surface area contributed by atoms with Crippen LogP contribution in [0.25, 0.3) is 0 Å². The van der Waals surface area contributed by atoms with Crippen LogP contribution in [-0.2, 0) is 13.0 Å². The number of hydrogen-bond donors (Lipinski definition) is 1. The molecule has 0 atom stereocenters. The number of rotatable bonds is 7. The standard InChI is InChI=1S/C27H27F3N2O2/c28-27(29,30)34-25-12-10-24(11-13-25)31-26(33)23-8-6-22(7-9-23)19-32-16-14-21(15-17-32)18-20-4-2-1-3-5-20/h1-13,21H,14-19H2,(H,31,33). The fraction of sp³-hybridized carbons (Fsp3) is 0.296. The molecule has 7 heteroatoms. The molecular weight excluding hydrogens is 441 g/mol. The number of ether oxygens (including phenoxy) is 1. The molecule has 0 aliphatic carbocycles. The normalized spacial score (nSPS) is 15.1. The Labute approximate surface area is 197 Å². The summed E-state index contributed by atoms with van der Waals surface area (Å²) in [6.45, 7) is 2.97. The highest BCUT2D eigenvalue weighted by Crippen LogP contribution is 2.25. The van der Waals surface area contributed by atoms with Crippen LogP contribution in [0.3, 0.4) is 0 Å². The smallest absolute Gasteiger partial charge is 0.406 e. The van der Waals surface area contributed by atoms with Crippen molar-refractivity contribution in [1.29, 1.82) is 0 Å². The molecule has 1 aliphatic rings. The van der Waals surface area contributed by atoms with E-state index < -0.39 is 6.36 Å². The summed E-state index contributed by atoms with van der Waals surface area (Å²) in [6, 6.07) is 23.1. The SMILES string of the molecule is O=C(Nc1ccc(OC(F)(F)F)cc1)c1ccc(CN2CCC(Cc3ccccc3)CC2)cc1. The lowest BCUT2D eigenvalue weighted by Crippen LogP contribution is -2.33. The van der Waals surface area contributed by atoms with Gasteiger partial charge in [0, 0.05) is 17.8 Å². The first-order chi connectivity index (χ1) is 16.3. The van der Waals surface area contributed by atoms with Crippen LogP contribution in [0.15, 0.2) is 78.9 Å². The molecule has 3 aromatic rings. The second-order valence-electron chi connectivity index (χ2n) is 8.63. The molecule has 1 saturated heterocycles. The Morgan fingerprint density at radius 3 is 2.15 bits per heavy atom. The van der Waals surface area contributed by atoms with E-state index >= 15 is 0 Å². The molecule has 4 rings (SSSR count). The Kier molecular flexibility index (Phi) is 7.53. The number of hydrogen-bond acceptors (Lipinski definition) is 3. The van der Waals surface area contributed by atoms with E-state index in [-0.39, 0.29) is 11.7 Å². The molecular formula is C27H27F3N2O2. The number of nitrogens with one attached hydrogen (secondary N) is 1. The molecule has 0 radical (unpaired) electrons. The number of benzene rings is 3. The number of halogens is 3.